The Hall–Kier alpha value is -2.95. The number of hydrogen-bond donors (Lipinski definition) is 2. The Morgan fingerprint density at radius 2 is 1.82 bits per heavy atom. The summed E-state index contributed by atoms with van der Waals surface area (Å²) in [4.78, 5) is 25.6. The molecule has 1 saturated heterocycles. The zero-order valence-corrected chi connectivity index (χ0v) is 22.9. The van der Waals surface area contributed by atoms with Gasteiger partial charge in [0.25, 0.3) is 0 Å². The molecule has 2 aromatic rings. The molecule has 0 spiro atoms. The summed E-state index contributed by atoms with van der Waals surface area (Å²) in [7, 11) is 0. The average Bonchev–Trinajstić information content (AvgIpc) is 3.46. The van der Waals surface area contributed by atoms with Crippen LogP contribution in [-0.4, -0.2) is 90.4 Å². The molecule has 2 N–H and O–H groups in total. The smallest absolute Gasteiger partial charge is 0.245 e. The maximum atomic E-state index is 12.0. The standard InChI is InChI=1S/C28H42N4O6/c1-21-15-24(32-23(3)17-22(2)30-32)18-26(16-21)38-14-13-36-11-12-37-20-27(34)29-9-6-4-5-7-28(35)31-10-8-25(33)19-31/h15-18,25,33H,4-14,19-20H2,1-3H3,(H,29,34). The lowest BCUT2D eigenvalue weighted by molar-refractivity contribution is -0.130. The lowest BCUT2D eigenvalue weighted by Crippen LogP contribution is -2.30. The van der Waals surface area contributed by atoms with Gasteiger partial charge in [0.2, 0.25) is 11.8 Å². The van der Waals surface area contributed by atoms with Crippen LogP contribution in [0, 0.1) is 20.8 Å². The van der Waals surface area contributed by atoms with Crippen LogP contribution >= 0.6 is 0 Å². The average molecular weight is 531 g/mol. The van der Waals surface area contributed by atoms with Crippen LogP contribution in [-0.2, 0) is 19.1 Å². The summed E-state index contributed by atoms with van der Waals surface area (Å²) in [5, 5.41) is 16.9. The minimum absolute atomic E-state index is 0.00593. The van der Waals surface area contributed by atoms with E-state index in [1.165, 1.54) is 0 Å². The van der Waals surface area contributed by atoms with Crippen LogP contribution in [0.3, 0.4) is 0 Å². The van der Waals surface area contributed by atoms with E-state index in [1.807, 2.05) is 43.7 Å². The number of aliphatic hydroxyl groups excluding tert-OH is 1. The van der Waals surface area contributed by atoms with Gasteiger partial charge in [-0.15, -0.1) is 0 Å². The minimum atomic E-state index is -0.377. The third-order valence-electron chi connectivity index (χ3n) is 6.30. The van der Waals surface area contributed by atoms with Gasteiger partial charge in [0.05, 0.1) is 37.3 Å². The number of carbonyl (C=O) groups excluding carboxylic acids is 2. The van der Waals surface area contributed by atoms with Crippen molar-refractivity contribution in [3.05, 3.63) is 41.2 Å². The summed E-state index contributed by atoms with van der Waals surface area (Å²) < 4.78 is 18.7. The summed E-state index contributed by atoms with van der Waals surface area (Å²) in [5.41, 5.74) is 4.10. The van der Waals surface area contributed by atoms with Crippen LogP contribution in [0.5, 0.6) is 5.75 Å². The van der Waals surface area contributed by atoms with E-state index < -0.39 is 0 Å². The highest BCUT2D eigenvalue weighted by molar-refractivity contribution is 5.77. The summed E-state index contributed by atoms with van der Waals surface area (Å²) in [6.07, 6.45) is 3.25. The fraction of sp³-hybridized carbons (Fsp3) is 0.607. The van der Waals surface area contributed by atoms with Gasteiger partial charge in [-0.3, -0.25) is 9.59 Å². The highest BCUT2D eigenvalue weighted by atomic mass is 16.5. The zero-order valence-electron chi connectivity index (χ0n) is 22.9. The molecule has 3 rings (SSSR count). The molecule has 2 heterocycles. The second-order valence-electron chi connectivity index (χ2n) is 9.80. The number of amides is 2. The summed E-state index contributed by atoms with van der Waals surface area (Å²) in [5.74, 6) is 0.711. The monoisotopic (exact) mass is 530 g/mol. The van der Waals surface area contributed by atoms with Gasteiger partial charge in [-0.2, -0.15) is 5.10 Å². The molecule has 1 aromatic carbocycles. The highest BCUT2D eigenvalue weighted by Gasteiger charge is 2.23. The van der Waals surface area contributed by atoms with E-state index in [4.69, 9.17) is 14.2 Å². The molecule has 1 unspecified atom stereocenters. The van der Waals surface area contributed by atoms with Crippen molar-refractivity contribution in [3.8, 4) is 11.4 Å². The molecule has 1 aliphatic heterocycles. The van der Waals surface area contributed by atoms with Crippen molar-refractivity contribution >= 4 is 11.8 Å². The van der Waals surface area contributed by atoms with E-state index >= 15 is 0 Å². The number of hydrogen-bond acceptors (Lipinski definition) is 7. The number of aromatic nitrogens is 2. The maximum absolute atomic E-state index is 12.0. The molecule has 210 valence electrons. The van der Waals surface area contributed by atoms with Crippen LogP contribution < -0.4 is 10.1 Å². The van der Waals surface area contributed by atoms with E-state index in [0.29, 0.717) is 58.9 Å². The number of unbranched alkanes of at least 4 members (excludes halogenated alkanes) is 2. The van der Waals surface area contributed by atoms with Crippen molar-refractivity contribution in [1.29, 1.82) is 0 Å². The van der Waals surface area contributed by atoms with E-state index in [2.05, 4.69) is 16.5 Å². The lowest BCUT2D eigenvalue weighted by Gasteiger charge is -2.15. The molecule has 10 heteroatoms. The Kier molecular flexibility index (Phi) is 12.0. The van der Waals surface area contributed by atoms with Crippen molar-refractivity contribution < 1.29 is 28.9 Å². The summed E-state index contributed by atoms with van der Waals surface area (Å²) in [6.45, 7) is 9.22. The molecule has 0 saturated carbocycles. The Morgan fingerprint density at radius 3 is 2.55 bits per heavy atom. The molecule has 1 aliphatic rings. The summed E-state index contributed by atoms with van der Waals surface area (Å²) >= 11 is 0. The minimum Gasteiger partial charge on any atom is -0.491 e. The van der Waals surface area contributed by atoms with Crippen LogP contribution in [0.15, 0.2) is 24.3 Å². The normalized spacial score (nSPS) is 15.2. The molecule has 2 amide bonds. The number of aryl methyl sites for hydroxylation is 3. The molecule has 0 radical (unpaired) electrons. The largest absolute Gasteiger partial charge is 0.491 e. The first-order valence-electron chi connectivity index (χ1n) is 13.5. The van der Waals surface area contributed by atoms with Gasteiger partial charge in [0.1, 0.15) is 19.0 Å². The highest BCUT2D eigenvalue weighted by Crippen LogP contribution is 2.21. The van der Waals surface area contributed by atoms with E-state index in [9.17, 15) is 14.7 Å². The molecular weight excluding hydrogens is 488 g/mol. The first-order chi connectivity index (χ1) is 18.3. The molecule has 1 fully saturated rings. The van der Waals surface area contributed by atoms with Crippen molar-refractivity contribution in [1.82, 2.24) is 20.0 Å². The molecular formula is C28H42N4O6. The van der Waals surface area contributed by atoms with Gasteiger partial charge in [0.15, 0.2) is 0 Å². The first kappa shape index (κ1) is 29.6. The summed E-state index contributed by atoms with van der Waals surface area (Å²) in [6, 6.07) is 8.06. The Balaban J connectivity index is 1.16. The number of ether oxygens (including phenoxy) is 3. The quantitative estimate of drug-likeness (QED) is 0.321. The molecule has 1 atom stereocenters. The molecule has 38 heavy (non-hydrogen) atoms. The number of rotatable bonds is 16. The number of aliphatic hydroxyl groups is 1. The van der Waals surface area contributed by atoms with E-state index in [0.717, 1.165) is 47.7 Å². The lowest BCUT2D eigenvalue weighted by atomic mass is 10.2. The second kappa shape index (κ2) is 15.5. The molecule has 1 aromatic heterocycles. The van der Waals surface area contributed by atoms with E-state index in [1.54, 1.807) is 4.90 Å². The topological polar surface area (TPSA) is 115 Å². The van der Waals surface area contributed by atoms with Gasteiger partial charge < -0.3 is 29.5 Å². The third-order valence-corrected chi connectivity index (χ3v) is 6.30. The fourth-order valence-corrected chi connectivity index (χ4v) is 4.41. The number of nitrogens with one attached hydrogen (secondary N) is 1. The predicted octanol–water partition coefficient (Wildman–Crippen LogP) is 2.48. The van der Waals surface area contributed by atoms with Gasteiger partial charge in [0, 0.05) is 37.8 Å². The van der Waals surface area contributed by atoms with Crippen molar-refractivity contribution in [2.45, 2.75) is 59.0 Å². The number of benzene rings is 1. The van der Waals surface area contributed by atoms with Gasteiger partial charge in [-0.05, 0) is 63.8 Å². The van der Waals surface area contributed by atoms with Crippen molar-refractivity contribution in [3.63, 3.8) is 0 Å². The predicted molar refractivity (Wildman–Crippen MR) is 144 cm³/mol. The maximum Gasteiger partial charge on any atom is 0.245 e. The number of likely N-dealkylation sites (tertiary alicyclic amines) is 1. The molecule has 0 aliphatic carbocycles. The number of carbonyl (C=O) groups is 2. The van der Waals surface area contributed by atoms with Crippen LogP contribution in [0.25, 0.3) is 5.69 Å². The van der Waals surface area contributed by atoms with Gasteiger partial charge in [-0.25, -0.2) is 4.68 Å². The Morgan fingerprint density at radius 1 is 1.03 bits per heavy atom. The van der Waals surface area contributed by atoms with Gasteiger partial charge in [-0.1, -0.05) is 6.42 Å². The molecule has 10 nitrogen and oxygen atoms in total. The first-order valence-corrected chi connectivity index (χ1v) is 13.5. The van der Waals surface area contributed by atoms with Crippen LogP contribution in [0.1, 0.15) is 49.1 Å². The van der Waals surface area contributed by atoms with Crippen LogP contribution in [0.4, 0.5) is 0 Å². The van der Waals surface area contributed by atoms with Crippen molar-refractivity contribution in [2.24, 2.45) is 0 Å². The third kappa shape index (κ3) is 10.1. The van der Waals surface area contributed by atoms with Crippen LogP contribution in [0.2, 0.25) is 0 Å². The number of nitrogens with zero attached hydrogens (tertiary/aromatic N) is 3. The Labute approximate surface area is 225 Å². The zero-order chi connectivity index (χ0) is 27.3. The Bertz CT molecular complexity index is 1040. The fourth-order valence-electron chi connectivity index (χ4n) is 4.41. The van der Waals surface area contributed by atoms with Gasteiger partial charge >= 0.3 is 0 Å². The SMILES string of the molecule is Cc1cc(OCCOCCOCC(=O)NCCCCCC(=O)N2CCC(O)C2)cc(-n2nc(C)cc2C)c1. The van der Waals surface area contributed by atoms with Crippen molar-refractivity contribution in [2.75, 3.05) is 52.7 Å². The number of β-amino-alcohol motifs (C(OH)–C–C–N with tert-alkyl or cyclic N) is 1. The molecule has 0 bridgehead atoms. The second-order valence-corrected chi connectivity index (χ2v) is 9.80. The van der Waals surface area contributed by atoms with E-state index in [-0.39, 0.29) is 24.5 Å².